The van der Waals surface area contributed by atoms with Crippen LogP contribution in [0.15, 0.2) is 42.5 Å². The standard InChI is InChI=1S/C27H33N3O4/c1-19-6-2-5-9-22(19)27(32)30-14-12-29(13-15-30)25(21-7-3-4-8-21)26(31)28-17-20-10-11-23-24(16-20)34-18-33-23/h2,5-6,9-11,16,21,25H,3-4,7-8,12-15,17-18H2,1H3,(H,28,31). The Hall–Kier alpha value is -3.06. The zero-order valence-electron chi connectivity index (χ0n) is 19.8. The first kappa shape index (κ1) is 22.7. The average Bonchev–Trinajstić information content (AvgIpc) is 3.55. The summed E-state index contributed by atoms with van der Waals surface area (Å²) >= 11 is 0. The smallest absolute Gasteiger partial charge is 0.254 e. The van der Waals surface area contributed by atoms with E-state index in [2.05, 4.69) is 10.2 Å². The maximum absolute atomic E-state index is 13.4. The van der Waals surface area contributed by atoms with Crippen LogP contribution in [0.1, 0.15) is 47.2 Å². The Morgan fingerprint density at radius 1 is 1.00 bits per heavy atom. The second-order valence-corrected chi connectivity index (χ2v) is 9.54. The van der Waals surface area contributed by atoms with Crippen LogP contribution in [-0.2, 0) is 11.3 Å². The summed E-state index contributed by atoms with van der Waals surface area (Å²) in [4.78, 5) is 30.7. The molecule has 7 heteroatoms. The highest BCUT2D eigenvalue weighted by atomic mass is 16.7. The number of nitrogens with one attached hydrogen (secondary N) is 1. The van der Waals surface area contributed by atoms with Crippen LogP contribution in [0.3, 0.4) is 0 Å². The molecule has 1 aliphatic carbocycles. The van der Waals surface area contributed by atoms with Crippen molar-refractivity contribution < 1.29 is 19.1 Å². The van der Waals surface area contributed by atoms with Crippen molar-refractivity contribution in [1.82, 2.24) is 15.1 Å². The molecule has 0 aromatic heterocycles. The minimum Gasteiger partial charge on any atom is -0.454 e. The van der Waals surface area contributed by atoms with Gasteiger partial charge in [0.15, 0.2) is 11.5 Å². The molecule has 1 saturated heterocycles. The predicted octanol–water partition coefficient (Wildman–Crippen LogP) is 3.36. The van der Waals surface area contributed by atoms with E-state index in [9.17, 15) is 9.59 Å². The fourth-order valence-corrected chi connectivity index (χ4v) is 5.48. The molecule has 2 amide bonds. The van der Waals surface area contributed by atoms with Gasteiger partial charge in [0.2, 0.25) is 12.7 Å². The first-order chi connectivity index (χ1) is 16.6. The Morgan fingerprint density at radius 3 is 2.50 bits per heavy atom. The first-order valence-corrected chi connectivity index (χ1v) is 12.4. The van der Waals surface area contributed by atoms with Crippen molar-refractivity contribution in [1.29, 1.82) is 0 Å². The fraction of sp³-hybridized carbons (Fsp3) is 0.481. The number of rotatable bonds is 6. The van der Waals surface area contributed by atoms with Gasteiger partial charge >= 0.3 is 0 Å². The third-order valence-electron chi connectivity index (χ3n) is 7.39. The molecule has 180 valence electrons. The summed E-state index contributed by atoms with van der Waals surface area (Å²) in [5, 5.41) is 3.17. The van der Waals surface area contributed by atoms with Gasteiger partial charge in [-0.05, 0) is 55.0 Å². The van der Waals surface area contributed by atoms with Gasteiger partial charge in [-0.1, -0.05) is 37.1 Å². The van der Waals surface area contributed by atoms with Crippen LogP contribution >= 0.6 is 0 Å². The molecule has 1 N–H and O–H groups in total. The predicted molar refractivity (Wildman–Crippen MR) is 129 cm³/mol. The average molecular weight is 464 g/mol. The number of carbonyl (C=O) groups excluding carboxylic acids is 2. The molecule has 2 aromatic carbocycles. The van der Waals surface area contributed by atoms with Crippen LogP contribution in [0.4, 0.5) is 0 Å². The van der Waals surface area contributed by atoms with Crippen molar-refractivity contribution in [3.63, 3.8) is 0 Å². The number of piperazine rings is 1. The normalized spacial score (nSPS) is 19.3. The van der Waals surface area contributed by atoms with E-state index in [1.807, 2.05) is 54.3 Å². The molecule has 5 rings (SSSR count). The van der Waals surface area contributed by atoms with Crippen LogP contribution in [0.2, 0.25) is 0 Å². The molecule has 0 bridgehead atoms. The maximum Gasteiger partial charge on any atom is 0.254 e. The van der Waals surface area contributed by atoms with Crippen LogP contribution in [0.25, 0.3) is 0 Å². The van der Waals surface area contributed by atoms with E-state index < -0.39 is 0 Å². The molecule has 0 radical (unpaired) electrons. The molecule has 2 fully saturated rings. The van der Waals surface area contributed by atoms with Crippen molar-refractivity contribution >= 4 is 11.8 Å². The zero-order chi connectivity index (χ0) is 23.5. The lowest BCUT2D eigenvalue weighted by atomic mass is 9.94. The van der Waals surface area contributed by atoms with E-state index in [1.54, 1.807) is 0 Å². The van der Waals surface area contributed by atoms with Crippen molar-refractivity contribution in [3.8, 4) is 11.5 Å². The monoisotopic (exact) mass is 463 g/mol. The zero-order valence-corrected chi connectivity index (χ0v) is 19.8. The number of benzene rings is 2. The van der Waals surface area contributed by atoms with Gasteiger partial charge < -0.3 is 19.7 Å². The Balaban J connectivity index is 1.22. The first-order valence-electron chi connectivity index (χ1n) is 12.4. The Labute approximate surface area is 201 Å². The summed E-state index contributed by atoms with van der Waals surface area (Å²) < 4.78 is 10.8. The lowest BCUT2D eigenvalue weighted by molar-refractivity contribution is -0.129. The van der Waals surface area contributed by atoms with E-state index in [1.165, 1.54) is 12.8 Å². The highest BCUT2D eigenvalue weighted by Crippen LogP contribution is 2.33. The molecule has 1 unspecified atom stereocenters. The lowest BCUT2D eigenvalue weighted by Gasteiger charge is -2.41. The molecule has 0 spiro atoms. The molecular weight excluding hydrogens is 430 g/mol. The summed E-state index contributed by atoms with van der Waals surface area (Å²) in [5.41, 5.74) is 2.77. The number of carbonyl (C=O) groups is 2. The van der Waals surface area contributed by atoms with Crippen molar-refractivity contribution in [3.05, 3.63) is 59.2 Å². The van der Waals surface area contributed by atoms with E-state index in [0.717, 1.165) is 54.1 Å². The third kappa shape index (κ3) is 4.75. The molecule has 1 saturated carbocycles. The van der Waals surface area contributed by atoms with Crippen molar-refractivity contribution in [2.45, 2.75) is 45.2 Å². The van der Waals surface area contributed by atoms with Gasteiger partial charge in [-0.15, -0.1) is 0 Å². The number of fused-ring (bicyclic) bond motifs is 1. The SMILES string of the molecule is Cc1ccccc1C(=O)N1CCN(C(C(=O)NCc2ccc3c(c2)OCO3)C2CCCC2)CC1. The number of ether oxygens (including phenoxy) is 2. The number of amides is 2. The van der Waals surface area contributed by atoms with Crippen molar-refractivity contribution in [2.24, 2.45) is 5.92 Å². The van der Waals surface area contributed by atoms with Gasteiger partial charge in [0.25, 0.3) is 5.91 Å². The minimum absolute atomic E-state index is 0.0856. The van der Waals surface area contributed by atoms with Crippen LogP contribution in [-0.4, -0.2) is 60.6 Å². The quantitative estimate of drug-likeness (QED) is 0.711. The van der Waals surface area contributed by atoms with E-state index in [0.29, 0.717) is 25.6 Å². The summed E-state index contributed by atoms with van der Waals surface area (Å²) in [6.45, 7) is 5.41. The Bertz CT molecular complexity index is 1040. The second kappa shape index (κ2) is 10.1. The van der Waals surface area contributed by atoms with Gasteiger partial charge in [-0.3, -0.25) is 14.5 Å². The molecule has 2 aromatic rings. The van der Waals surface area contributed by atoms with Crippen LogP contribution in [0, 0.1) is 12.8 Å². The number of aryl methyl sites for hydroxylation is 1. The topological polar surface area (TPSA) is 71.1 Å². The number of nitrogens with zero attached hydrogens (tertiary/aromatic N) is 2. The number of hydrogen-bond donors (Lipinski definition) is 1. The van der Waals surface area contributed by atoms with Crippen LogP contribution in [0.5, 0.6) is 11.5 Å². The largest absolute Gasteiger partial charge is 0.454 e. The minimum atomic E-state index is -0.146. The second-order valence-electron chi connectivity index (χ2n) is 9.54. The van der Waals surface area contributed by atoms with E-state index in [4.69, 9.17) is 9.47 Å². The summed E-state index contributed by atoms with van der Waals surface area (Å²) in [6.07, 6.45) is 4.54. The lowest BCUT2D eigenvalue weighted by Crippen LogP contribution is -2.57. The van der Waals surface area contributed by atoms with Gasteiger partial charge in [0.1, 0.15) is 0 Å². The molecule has 34 heavy (non-hydrogen) atoms. The molecule has 2 aliphatic heterocycles. The highest BCUT2D eigenvalue weighted by Gasteiger charge is 2.37. The molecule has 2 heterocycles. The van der Waals surface area contributed by atoms with Gasteiger partial charge in [-0.2, -0.15) is 0 Å². The summed E-state index contributed by atoms with van der Waals surface area (Å²) in [7, 11) is 0. The molecule has 1 atom stereocenters. The Kier molecular flexibility index (Phi) is 6.72. The highest BCUT2D eigenvalue weighted by molar-refractivity contribution is 5.95. The van der Waals surface area contributed by atoms with Gasteiger partial charge in [-0.25, -0.2) is 0 Å². The van der Waals surface area contributed by atoms with Gasteiger partial charge in [0, 0.05) is 38.3 Å². The van der Waals surface area contributed by atoms with Crippen LogP contribution < -0.4 is 14.8 Å². The summed E-state index contributed by atoms with van der Waals surface area (Å²) in [5.74, 6) is 2.02. The molecular formula is C27H33N3O4. The van der Waals surface area contributed by atoms with Crippen molar-refractivity contribution in [2.75, 3.05) is 33.0 Å². The molecule has 7 nitrogen and oxygen atoms in total. The third-order valence-corrected chi connectivity index (χ3v) is 7.39. The fourth-order valence-electron chi connectivity index (χ4n) is 5.48. The number of hydrogen-bond acceptors (Lipinski definition) is 5. The summed E-state index contributed by atoms with van der Waals surface area (Å²) in [6, 6.07) is 13.4. The Morgan fingerprint density at radius 2 is 1.74 bits per heavy atom. The molecule has 3 aliphatic rings. The maximum atomic E-state index is 13.4. The van der Waals surface area contributed by atoms with Gasteiger partial charge in [0.05, 0.1) is 6.04 Å². The van der Waals surface area contributed by atoms with E-state index >= 15 is 0 Å². The van der Waals surface area contributed by atoms with E-state index in [-0.39, 0.29) is 24.6 Å².